The number of rotatable bonds is 3. The zero-order valence-electron chi connectivity index (χ0n) is 14.7. The van der Waals surface area contributed by atoms with Crippen molar-refractivity contribution in [3.63, 3.8) is 0 Å². The van der Waals surface area contributed by atoms with Crippen LogP contribution in [-0.4, -0.2) is 53.5 Å². The normalized spacial score (nSPS) is 31.1. The van der Waals surface area contributed by atoms with Gasteiger partial charge in [-0.3, -0.25) is 9.69 Å². The predicted octanol–water partition coefficient (Wildman–Crippen LogP) is 1.82. The van der Waals surface area contributed by atoms with Crippen LogP contribution in [0.25, 0.3) is 0 Å². The second-order valence-electron chi connectivity index (χ2n) is 7.66. The van der Waals surface area contributed by atoms with E-state index in [4.69, 9.17) is 0 Å². The zero-order valence-corrected chi connectivity index (χ0v) is 14.7. The first-order chi connectivity index (χ1) is 12.1. The van der Waals surface area contributed by atoms with Gasteiger partial charge in [-0.2, -0.15) is 0 Å². The fourth-order valence-electron chi connectivity index (χ4n) is 4.36. The van der Waals surface area contributed by atoms with Crippen molar-refractivity contribution in [3.05, 3.63) is 35.6 Å². The van der Waals surface area contributed by atoms with E-state index in [2.05, 4.69) is 22.7 Å². The maximum atomic E-state index is 13.1. The highest BCUT2D eigenvalue weighted by Crippen LogP contribution is 2.27. The first-order valence-corrected chi connectivity index (χ1v) is 9.43. The van der Waals surface area contributed by atoms with E-state index in [1.165, 1.54) is 37.9 Å². The third-order valence-electron chi connectivity index (χ3n) is 5.97. The Labute approximate surface area is 148 Å². The fraction of sp³-hybridized carbons (Fsp3) is 0.632. The quantitative estimate of drug-likeness (QED) is 0.877. The number of halogens is 1. The minimum absolute atomic E-state index is 0.0498. The van der Waals surface area contributed by atoms with E-state index in [-0.39, 0.29) is 23.8 Å². The molecule has 1 amide bonds. The molecule has 0 saturated carbocycles. The Hall–Kier alpha value is -1.50. The molecular weight excluding hydrogens is 319 g/mol. The van der Waals surface area contributed by atoms with E-state index >= 15 is 0 Å². The summed E-state index contributed by atoms with van der Waals surface area (Å²) in [5.41, 5.74) is 7.31. The number of carbonyl (C=O) groups excluding carboxylic acids is 1. The second kappa shape index (κ2) is 7.02. The lowest BCUT2D eigenvalue weighted by molar-refractivity contribution is -0.141. The van der Waals surface area contributed by atoms with Gasteiger partial charge in [0.1, 0.15) is 11.9 Å². The lowest BCUT2D eigenvalue weighted by Crippen LogP contribution is -2.65. The summed E-state index contributed by atoms with van der Waals surface area (Å²) in [5, 5.41) is 0. The van der Waals surface area contributed by atoms with Gasteiger partial charge in [-0.25, -0.2) is 15.2 Å². The maximum Gasteiger partial charge on any atom is 0.241 e. The highest BCUT2D eigenvalue weighted by atomic mass is 19.1. The van der Waals surface area contributed by atoms with Crippen molar-refractivity contribution in [3.8, 4) is 0 Å². The van der Waals surface area contributed by atoms with Crippen molar-refractivity contribution in [1.82, 2.24) is 20.7 Å². The summed E-state index contributed by atoms with van der Waals surface area (Å²) < 4.78 is 13.1. The average molecular weight is 346 g/mol. The van der Waals surface area contributed by atoms with Crippen LogP contribution in [0.1, 0.15) is 44.2 Å². The molecule has 0 radical (unpaired) electrons. The smallest absolute Gasteiger partial charge is 0.241 e. The number of hydrogen-bond acceptors (Lipinski definition) is 4. The highest BCUT2D eigenvalue weighted by Gasteiger charge is 2.41. The van der Waals surface area contributed by atoms with Crippen LogP contribution in [0.4, 0.5) is 4.39 Å². The number of hydrogen-bond donors (Lipinski definition) is 2. The number of carbonyl (C=O) groups is 1. The van der Waals surface area contributed by atoms with Gasteiger partial charge in [-0.05, 0) is 50.4 Å². The summed E-state index contributed by atoms with van der Waals surface area (Å²) >= 11 is 0. The number of likely N-dealkylation sites (tertiary alicyclic amines) is 2. The molecule has 0 spiro atoms. The Bertz CT molecular complexity index is 616. The molecule has 0 aromatic heterocycles. The molecule has 3 saturated heterocycles. The molecule has 0 aliphatic carbocycles. The van der Waals surface area contributed by atoms with Crippen LogP contribution in [0, 0.1) is 5.82 Å². The summed E-state index contributed by atoms with van der Waals surface area (Å²) in [4.78, 5) is 17.3. The molecular formula is C19H27FN4O. The monoisotopic (exact) mass is 346 g/mol. The summed E-state index contributed by atoms with van der Waals surface area (Å²) in [6.07, 6.45) is 4.58. The van der Waals surface area contributed by atoms with Crippen molar-refractivity contribution in [2.75, 3.05) is 19.6 Å². The molecule has 1 aromatic rings. The molecule has 3 fully saturated rings. The van der Waals surface area contributed by atoms with E-state index < -0.39 is 0 Å². The third kappa shape index (κ3) is 3.43. The third-order valence-corrected chi connectivity index (χ3v) is 5.97. The van der Waals surface area contributed by atoms with Crippen LogP contribution < -0.4 is 10.9 Å². The minimum Gasteiger partial charge on any atom is -0.338 e. The maximum absolute atomic E-state index is 13.1. The minimum atomic E-state index is -0.235. The van der Waals surface area contributed by atoms with Crippen molar-refractivity contribution in [1.29, 1.82) is 0 Å². The van der Waals surface area contributed by atoms with Crippen LogP contribution in [0.15, 0.2) is 24.3 Å². The molecule has 1 aromatic carbocycles. The molecule has 6 heteroatoms. The van der Waals surface area contributed by atoms with Gasteiger partial charge in [-0.15, -0.1) is 0 Å². The molecule has 136 valence electrons. The molecule has 3 heterocycles. The zero-order chi connectivity index (χ0) is 17.4. The number of benzene rings is 1. The van der Waals surface area contributed by atoms with E-state index in [1.54, 1.807) is 12.1 Å². The topological polar surface area (TPSA) is 47.6 Å². The van der Waals surface area contributed by atoms with Crippen LogP contribution in [-0.2, 0) is 4.79 Å². The Morgan fingerprint density at radius 2 is 1.92 bits per heavy atom. The molecule has 4 rings (SSSR count). The molecule has 25 heavy (non-hydrogen) atoms. The fourth-order valence-corrected chi connectivity index (χ4v) is 4.36. The lowest BCUT2D eigenvalue weighted by atomic mass is 9.96. The second-order valence-corrected chi connectivity index (χ2v) is 7.66. The highest BCUT2D eigenvalue weighted by molar-refractivity contribution is 5.83. The van der Waals surface area contributed by atoms with Gasteiger partial charge >= 0.3 is 0 Å². The van der Waals surface area contributed by atoms with Gasteiger partial charge in [0.15, 0.2) is 0 Å². The number of nitrogens with zero attached hydrogens (tertiary/aromatic N) is 2. The number of nitrogens with one attached hydrogen (secondary N) is 2. The number of hydrazine groups is 1. The molecule has 3 atom stereocenters. The van der Waals surface area contributed by atoms with Gasteiger partial charge in [0, 0.05) is 31.2 Å². The number of amides is 1. The van der Waals surface area contributed by atoms with Gasteiger partial charge in [-0.1, -0.05) is 18.6 Å². The summed E-state index contributed by atoms with van der Waals surface area (Å²) in [6.45, 7) is 5.17. The average Bonchev–Trinajstić information content (AvgIpc) is 3.06. The van der Waals surface area contributed by atoms with Crippen molar-refractivity contribution >= 4 is 5.91 Å². The molecule has 3 aliphatic heterocycles. The van der Waals surface area contributed by atoms with Crippen LogP contribution in [0.2, 0.25) is 0 Å². The Morgan fingerprint density at radius 1 is 1.16 bits per heavy atom. The van der Waals surface area contributed by atoms with Crippen LogP contribution >= 0.6 is 0 Å². The van der Waals surface area contributed by atoms with Crippen LogP contribution in [0.3, 0.4) is 0 Å². The Kier molecular flexibility index (Phi) is 4.75. The predicted molar refractivity (Wildman–Crippen MR) is 94.2 cm³/mol. The van der Waals surface area contributed by atoms with Crippen molar-refractivity contribution in [2.24, 2.45) is 0 Å². The Balaban J connectivity index is 1.29. The van der Waals surface area contributed by atoms with Gasteiger partial charge in [0.2, 0.25) is 5.91 Å². The van der Waals surface area contributed by atoms with E-state index in [9.17, 15) is 9.18 Å². The molecule has 3 unspecified atom stereocenters. The first-order valence-electron chi connectivity index (χ1n) is 9.43. The van der Waals surface area contributed by atoms with E-state index in [0.29, 0.717) is 18.5 Å². The van der Waals surface area contributed by atoms with Crippen molar-refractivity contribution < 1.29 is 9.18 Å². The molecule has 0 bridgehead atoms. The molecule has 2 N–H and O–H groups in total. The van der Waals surface area contributed by atoms with Crippen molar-refractivity contribution in [2.45, 2.75) is 56.8 Å². The molecule has 3 aliphatic rings. The van der Waals surface area contributed by atoms with Crippen LogP contribution in [0.5, 0.6) is 0 Å². The number of piperidine rings is 1. The van der Waals surface area contributed by atoms with E-state index in [1.807, 2.05) is 4.90 Å². The molecule has 5 nitrogen and oxygen atoms in total. The lowest BCUT2D eigenvalue weighted by Gasteiger charge is -2.49. The summed E-state index contributed by atoms with van der Waals surface area (Å²) in [6, 6.07) is 7.51. The van der Waals surface area contributed by atoms with Gasteiger partial charge in [0.05, 0.1) is 0 Å². The standard InChI is InChI=1S/C19H27FN4O/c1-13-4-2-3-9-24(13)16-11-23(12-16)19(25)18-10-17(21-22-18)14-5-7-15(20)8-6-14/h5-8,13,16-18,21-22H,2-4,9-12H2,1H3. The first kappa shape index (κ1) is 16.9. The largest absolute Gasteiger partial charge is 0.338 e. The van der Waals surface area contributed by atoms with Gasteiger partial charge < -0.3 is 4.90 Å². The van der Waals surface area contributed by atoms with Gasteiger partial charge in [0.25, 0.3) is 0 Å². The van der Waals surface area contributed by atoms with E-state index in [0.717, 1.165) is 18.7 Å². The SMILES string of the molecule is CC1CCCCN1C1CN(C(=O)C2CC(c3ccc(F)cc3)NN2)C1. The Morgan fingerprint density at radius 3 is 2.64 bits per heavy atom. The summed E-state index contributed by atoms with van der Waals surface area (Å²) in [7, 11) is 0. The summed E-state index contributed by atoms with van der Waals surface area (Å²) in [5.74, 6) is -0.0566.